The number of amides is 2. The van der Waals surface area contributed by atoms with Gasteiger partial charge in [0.15, 0.2) is 5.65 Å². The van der Waals surface area contributed by atoms with E-state index in [1.807, 2.05) is 30.3 Å². The van der Waals surface area contributed by atoms with Crippen LogP contribution in [0.15, 0.2) is 48.7 Å². The molecule has 3 rings (SSSR count). The molecule has 2 aromatic heterocycles. The molecule has 0 fully saturated rings. The van der Waals surface area contributed by atoms with E-state index < -0.39 is 10.3 Å². The van der Waals surface area contributed by atoms with Crippen molar-refractivity contribution in [3.05, 3.63) is 48.7 Å². The summed E-state index contributed by atoms with van der Waals surface area (Å²) in [7, 11) is -1.10. The van der Waals surface area contributed by atoms with E-state index in [4.69, 9.17) is 4.18 Å². The van der Waals surface area contributed by atoms with E-state index in [9.17, 15) is 4.79 Å². The molecule has 0 aliphatic carbocycles. The van der Waals surface area contributed by atoms with Crippen LogP contribution >= 0.6 is 10.3 Å². The van der Waals surface area contributed by atoms with Gasteiger partial charge in [-0.15, -0.1) is 10.3 Å². The van der Waals surface area contributed by atoms with Crippen LogP contribution in [-0.4, -0.2) is 51.4 Å². The molecule has 1 aromatic carbocycles. The van der Waals surface area contributed by atoms with Crippen LogP contribution < -0.4 is 10.6 Å². The fraction of sp³-hybridized carbons (Fsp3) is 0.417. The summed E-state index contributed by atoms with van der Waals surface area (Å²) < 4.78 is 6.27. The summed E-state index contributed by atoms with van der Waals surface area (Å²) in [6.07, 6.45) is 7.88. The topological polar surface area (TPSA) is 89.0 Å². The normalized spacial score (nSPS) is 12.5. The Bertz CT molecular complexity index is 1050. The highest BCUT2D eigenvalue weighted by molar-refractivity contribution is 8.29. The molecule has 2 amide bonds. The van der Waals surface area contributed by atoms with Crippen molar-refractivity contribution >= 4 is 33.3 Å². The van der Waals surface area contributed by atoms with Gasteiger partial charge < -0.3 is 9.50 Å². The van der Waals surface area contributed by atoms with Crippen molar-refractivity contribution in [2.45, 2.75) is 38.4 Å². The van der Waals surface area contributed by atoms with Gasteiger partial charge in [-0.25, -0.2) is 14.8 Å². The van der Waals surface area contributed by atoms with Gasteiger partial charge >= 0.3 is 6.03 Å². The Hall–Kier alpha value is -2.71. The average molecular weight is 456 g/mol. The first-order valence-electron chi connectivity index (χ1n) is 10.8. The number of hydrogen-bond donors (Lipinski definition) is 2. The number of benzene rings is 1. The zero-order valence-corrected chi connectivity index (χ0v) is 20.3. The van der Waals surface area contributed by atoms with Gasteiger partial charge in [0, 0.05) is 16.9 Å². The lowest BCUT2D eigenvalue weighted by Gasteiger charge is -2.43. The third-order valence-electron chi connectivity index (χ3n) is 5.43. The number of hydrogen-bond acceptors (Lipinski definition) is 5. The van der Waals surface area contributed by atoms with Crippen molar-refractivity contribution in [3.63, 3.8) is 0 Å². The van der Waals surface area contributed by atoms with Crippen LogP contribution in [0.25, 0.3) is 22.4 Å². The number of nitrogens with zero attached hydrogens (tertiary/aromatic N) is 3. The van der Waals surface area contributed by atoms with Gasteiger partial charge in [0.05, 0.1) is 18.5 Å². The fourth-order valence-electron chi connectivity index (χ4n) is 2.75. The first-order chi connectivity index (χ1) is 15.2. The molecule has 8 heteroatoms. The summed E-state index contributed by atoms with van der Waals surface area (Å²) in [5.41, 5.74) is 2.88. The van der Waals surface area contributed by atoms with Crippen molar-refractivity contribution < 1.29 is 8.98 Å². The SMILES string of the molecule is CC(C)(C)S(C)(C)OCCCCNC(=O)Nc1ccc2ncc(-c3ccccc3)nc2n1. The largest absolute Gasteiger partial charge is 0.338 e. The summed E-state index contributed by atoms with van der Waals surface area (Å²) in [5.74, 6) is 0.438. The molecule has 2 heterocycles. The molecule has 0 unspecified atom stereocenters. The molecule has 0 radical (unpaired) electrons. The highest BCUT2D eigenvalue weighted by Gasteiger charge is 2.28. The van der Waals surface area contributed by atoms with E-state index in [1.165, 1.54) is 0 Å². The first-order valence-corrected chi connectivity index (χ1v) is 13.1. The number of aromatic nitrogens is 3. The Morgan fingerprint density at radius 3 is 2.50 bits per heavy atom. The highest BCUT2D eigenvalue weighted by atomic mass is 32.3. The summed E-state index contributed by atoms with van der Waals surface area (Å²) >= 11 is 0. The number of urea groups is 1. The number of rotatable bonds is 8. The lowest BCUT2D eigenvalue weighted by atomic mass is 10.2. The highest BCUT2D eigenvalue weighted by Crippen LogP contribution is 2.53. The minimum Gasteiger partial charge on any atom is -0.338 e. The van der Waals surface area contributed by atoms with Crippen LogP contribution in [-0.2, 0) is 4.18 Å². The van der Waals surface area contributed by atoms with Gasteiger partial charge in [-0.3, -0.25) is 10.3 Å². The Morgan fingerprint density at radius 2 is 1.78 bits per heavy atom. The minimum absolute atomic E-state index is 0.157. The number of anilines is 1. The molecule has 172 valence electrons. The average Bonchev–Trinajstić information content (AvgIpc) is 2.75. The number of carbonyl (C=O) groups excluding carboxylic acids is 1. The van der Waals surface area contributed by atoms with Crippen molar-refractivity contribution in [3.8, 4) is 11.3 Å². The molecular weight excluding hydrogens is 422 g/mol. The van der Waals surface area contributed by atoms with E-state index in [0.717, 1.165) is 24.1 Å². The Labute approximate surface area is 191 Å². The molecule has 0 saturated heterocycles. The fourth-order valence-corrected chi connectivity index (χ4v) is 3.64. The summed E-state index contributed by atoms with van der Waals surface area (Å²) in [5, 5.41) is 5.64. The van der Waals surface area contributed by atoms with E-state index in [2.05, 4.69) is 58.9 Å². The maximum absolute atomic E-state index is 12.2. The van der Waals surface area contributed by atoms with Crippen molar-refractivity contribution in [1.82, 2.24) is 20.3 Å². The molecule has 0 aliphatic rings. The summed E-state index contributed by atoms with van der Waals surface area (Å²) in [4.78, 5) is 25.7. The van der Waals surface area contributed by atoms with E-state index in [1.54, 1.807) is 18.3 Å². The molecule has 0 bridgehead atoms. The Balaban J connectivity index is 1.48. The maximum Gasteiger partial charge on any atom is 0.320 e. The number of fused-ring (bicyclic) bond motifs is 1. The Kier molecular flexibility index (Phi) is 7.69. The number of nitrogens with one attached hydrogen (secondary N) is 2. The second kappa shape index (κ2) is 10.3. The first kappa shape index (κ1) is 23.9. The second-order valence-corrected chi connectivity index (χ2v) is 12.8. The number of unbranched alkanes of at least 4 members (excludes halogenated alkanes) is 1. The molecule has 0 atom stereocenters. The van der Waals surface area contributed by atoms with Crippen LogP contribution in [0.3, 0.4) is 0 Å². The lowest BCUT2D eigenvalue weighted by Crippen LogP contribution is -2.30. The van der Waals surface area contributed by atoms with Gasteiger partial charge in [-0.2, -0.15) is 0 Å². The van der Waals surface area contributed by atoms with Gasteiger partial charge in [-0.05, 0) is 37.5 Å². The van der Waals surface area contributed by atoms with Crippen LogP contribution in [0.5, 0.6) is 0 Å². The molecule has 0 aliphatic heterocycles. The number of carbonyl (C=O) groups is 1. The predicted molar refractivity (Wildman–Crippen MR) is 134 cm³/mol. The third-order valence-corrected chi connectivity index (χ3v) is 9.13. The van der Waals surface area contributed by atoms with Crippen molar-refractivity contribution in [2.24, 2.45) is 0 Å². The third kappa shape index (κ3) is 6.40. The smallest absolute Gasteiger partial charge is 0.320 e. The minimum atomic E-state index is -1.10. The predicted octanol–water partition coefficient (Wildman–Crippen LogP) is 5.39. The maximum atomic E-state index is 12.2. The number of pyridine rings is 1. The Morgan fingerprint density at radius 1 is 1.03 bits per heavy atom. The van der Waals surface area contributed by atoms with Gasteiger partial charge in [0.25, 0.3) is 0 Å². The molecule has 32 heavy (non-hydrogen) atoms. The standard InChI is InChI=1S/C24H33N5O2S/c1-24(2,3)32(4,5)31-16-10-9-15-25-23(30)29-21-14-13-19-22(28-21)27-20(17-26-19)18-11-7-6-8-12-18/h6-8,11-14,17H,9-10,15-16H2,1-5H3,(H2,25,27,28,29,30). The van der Waals surface area contributed by atoms with Gasteiger partial charge in [0.1, 0.15) is 11.3 Å². The molecule has 0 saturated carbocycles. The zero-order chi connectivity index (χ0) is 23.2. The zero-order valence-electron chi connectivity index (χ0n) is 19.5. The van der Waals surface area contributed by atoms with E-state index >= 15 is 0 Å². The monoisotopic (exact) mass is 455 g/mol. The second-order valence-electron chi connectivity index (χ2n) is 8.92. The van der Waals surface area contributed by atoms with E-state index in [0.29, 0.717) is 30.1 Å². The van der Waals surface area contributed by atoms with Gasteiger partial charge in [0.2, 0.25) is 0 Å². The van der Waals surface area contributed by atoms with Gasteiger partial charge in [-0.1, -0.05) is 51.1 Å². The quantitative estimate of drug-likeness (QED) is 0.445. The molecule has 7 nitrogen and oxygen atoms in total. The van der Waals surface area contributed by atoms with Crippen molar-refractivity contribution in [1.29, 1.82) is 0 Å². The molecular formula is C24H33N5O2S. The van der Waals surface area contributed by atoms with Crippen LogP contribution in [0.2, 0.25) is 0 Å². The van der Waals surface area contributed by atoms with Crippen LogP contribution in [0, 0.1) is 0 Å². The lowest BCUT2D eigenvalue weighted by molar-refractivity contribution is 0.251. The van der Waals surface area contributed by atoms with Crippen molar-refractivity contribution in [2.75, 3.05) is 31.0 Å². The molecule has 3 aromatic rings. The summed E-state index contributed by atoms with van der Waals surface area (Å²) in [6.45, 7) is 7.92. The summed E-state index contributed by atoms with van der Waals surface area (Å²) in [6, 6.07) is 13.1. The molecule has 0 spiro atoms. The molecule has 2 N–H and O–H groups in total. The van der Waals surface area contributed by atoms with Crippen LogP contribution in [0.4, 0.5) is 10.6 Å². The van der Waals surface area contributed by atoms with Crippen LogP contribution in [0.1, 0.15) is 33.6 Å². The van der Waals surface area contributed by atoms with E-state index in [-0.39, 0.29) is 10.8 Å².